The van der Waals surface area contributed by atoms with E-state index in [4.69, 9.17) is 5.26 Å². The molecule has 0 spiro atoms. The first kappa shape index (κ1) is 15.3. The average molecular weight is 298 g/mol. The molecule has 4 heteroatoms. The Bertz CT molecular complexity index is 488. The number of rotatable bonds is 4. The maximum atomic E-state index is 9.07. The first-order valence-electron chi connectivity index (χ1n) is 8.49. The summed E-state index contributed by atoms with van der Waals surface area (Å²) in [5.74, 6) is 0.253. The van der Waals surface area contributed by atoms with Gasteiger partial charge in [0.25, 0.3) is 0 Å². The summed E-state index contributed by atoms with van der Waals surface area (Å²) in [6.07, 6.45) is 2.27. The molecule has 1 aromatic carbocycles. The van der Waals surface area contributed by atoms with E-state index in [1.165, 1.54) is 18.7 Å². The first-order valence-corrected chi connectivity index (χ1v) is 8.49. The van der Waals surface area contributed by atoms with Gasteiger partial charge in [0, 0.05) is 51.5 Å². The minimum Gasteiger partial charge on any atom is -0.369 e. The highest BCUT2D eigenvalue weighted by Crippen LogP contribution is 2.17. The van der Waals surface area contributed by atoms with Crippen LogP contribution in [0.4, 0.5) is 5.69 Å². The van der Waals surface area contributed by atoms with E-state index in [9.17, 15) is 0 Å². The lowest BCUT2D eigenvalue weighted by Crippen LogP contribution is -2.49. The molecule has 1 unspecified atom stereocenters. The van der Waals surface area contributed by atoms with Crippen molar-refractivity contribution < 1.29 is 0 Å². The molecule has 2 fully saturated rings. The van der Waals surface area contributed by atoms with E-state index in [1.54, 1.807) is 0 Å². The summed E-state index contributed by atoms with van der Waals surface area (Å²) in [5, 5.41) is 9.07. The molecular weight excluding hydrogens is 272 g/mol. The molecule has 0 bridgehead atoms. The lowest BCUT2D eigenvalue weighted by molar-refractivity contribution is 0.161. The Balaban J connectivity index is 1.40. The molecule has 0 N–H and O–H groups in total. The molecule has 0 radical (unpaired) electrons. The van der Waals surface area contributed by atoms with Gasteiger partial charge in [-0.25, -0.2) is 0 Å². The molecule has 22 heavy (non-hydrogen) atoms. The SMILES string of the molecule is N#CC1CCCN(CCN2CCN(c3ccccc3)CC2)C1. The molecule has 0 aliphatic carbocycles. The lowest BCUT2D eigenvalue weighted by atomic mass is 10.00. The number of likely N-dealkylation sites (tertiary alicyclic amines) is 1. The number of para-hydroxylation sites is 1. The van der Waals surface area contributed by atoms with Gasteiger partial charge < -0.3 is 9.80 Å². The predicted octanol–water partition coefficient (Wildman–Crippen LogP) is 2.04. The van der Waals surface area contributed by atoms with Gasteiger partial charge in [-0.2, -0.15) is 5.26 Å². The number of nitrogens with zero attached hydrogens (tertiary/aromatic N) is 4. The highest BCUT2D eigenvalue weighted by Gasteiger charge is 2.21. The third-order valence-corrected chi connectivity index (χ3v) is 4.91. The number of anilines is 1. The van der Waals surface area contributed by atoms with Crippen LogP contribution in [0.25, 0.3) is 0 Å². The van der Waals surface area contributed by atoms with Crippen LogP contribution < -0.4 is 4.90 Å². The minimum atomic E-state index is 0.253. The fourth-order valence-corrected chi connectivity index (χ4v) is 3.52. The Morgan fingerprint density at radius 1 is 0.955 bits per heavy atom. The van der Waals surface area contributed by atoms with E-state index >= 15 is 0 Å². The second-order valence-electron chi connectivity index (χ2n) is 6.43. The number of piperazine rings is 1. The summed E-state index contributed by atoms with van der Waals surface area (Å²) >= 11 is 0. The third kappa shape index (κ3) is 4.00. The average Bonchev–Trinajstić information content (AvgIpc) is 2.61. The second kappa shape index (κ2) is 7.62. The third-order valence-electron chi connectivity index (χ3n) is 4.91. The van der Waals surface area contributed by atoms with Gasteiger partial charge in [0.15, 0.2) is 0 Å². The van der Waals surface area contributed by atoms with Crippen molar-refractivity contribution in [2.75, 3.05) is 57.3 Å². The van der Waals surface area contributed by atoms with Crippen molar-refractivity contribution >= 4 is 5.69 Å². The van der Waals surface area contributed by atoms with E-state index in [-0.39, 0.29) is 5.92 Å². The van der Waals surface area contributed by atoms with E-state index in [0.717, 1.165) is 52.2 Å². The van der Waals surface area contributed by atoms with Crippen LogP contribution in [0.2, 0.25) is 0 Å². The monoisotopic (exact) mass is 298 g/mol. The smallest absolute Gasteiger partial charge is 0.0669 e. The lowest BCUT2D eigenvalue weighted by Gasteiger charge is -2.37. The Morgan fingerprint density at radius 2 is 1.68 bits per heavy atom. The minimum absolute atomic E-state index is 0.253. The predicted molar refractivity (Wildman–Crippen MR) is 89.9 cm³/mol. The molecule has 3 rings (SSSR count). The van der Waals surface area contributed by atoms with Crippen molar-refractivity contribution in [1.29, 1.82) is 5.26 Å². The fourth-order valence-electron chi connectivity index (χ4n) is 3.52. The maximum Gasteiger partial charge on any atom is 0.0669 e. The van der Waals surface area contributed by atoms with Gasteiger partial charge in [-0.15, -0.1) is 0 Å². The van der Waals surface area contributed by atoms with Crippen LogP contribution in [-0.4, -0.2) is 62.2 Å². The number of benzene rings is 1. The Kier molecular flexibility index (Phi) is 5.31. The summed E-state index contributed by atoms with van der Waals surface area (Å²) in [5.41, 5.74) is 1.34. The van der Waals surface area contributed by atoms with Crippen molar-refractivity contribution in [1.82, 2.24) is 9.80 Å². The number of hydrogen-bond donors (Lipinski definition) is 0. The molecule has 2 saturated heterocycles. The highest BCUT2D eigenvalue weighted by molar-refractivity contribution is 5.46. The van der Waals surface area contributed by atoms with Crippen LogP contribution in [0.3, 0.4) is 0 Å². The Labute approximate surface area is 133 Å². The van der Waals surface area contributed by atoms with E-state index in [0.29, 0.717) is 0 Å². The van der Waals surface area contributed by atoms with Crippen LogP contribution in [0, 0.1) is 17.2 Å². The van der Waals surface area contributed by atoms with Gasteiger partial charge in [-0.05, 0) is 31.5 Å². The zero-order valence-electron chi connectivity index (χ0n) is 13.3. The summed E-state index contributed by atoms with van der Waals surface area (Å²) in [4.78, 5) is 7.51. The van der Waals surface area contributed by atoms with Crippen LogP contribution >= 0.6 is 0 Å². The Morgan fingerprint density at radius 3 is 2.41 bits per heavy atom. The molecule has 2 aliphatic heterocycles. The fraction of sp³-hybridized carbons (Fsp3) is 0.611. The quantitative estimate of drug-likeness (QED) is 0.852. The molecule has 0 amide bonds. The molecule has 2 aliphatic rings. The zero-order valence-corrected chi connectivity index (χ0v) is 13.3. The van der Waals surface area contributed by atoms with Gasteiger partial charge in [0.1, 0.15) is 0 Å². The van der Waals surface area contributed by atoms with Gasteiger partial charge in [-0.1, -0.05) is 18.2 Å². The zero-order chi connectivity index (χ0) is 15.2. The van der Waals surface area contributed by atoms with Gasteiger partial charge in [0.2, 0.25) is 0 Å². The van der Waals surface area contributed by atoms with E-state index in [2.05, 4.69) is 51.1 Å². The summed E-state index contributed by atoms with van der Waals surface area (Å²) in [7, 11) is 0. The van der Waals surface area contributed by atoms with Crippen molar-refractivity contribution in [3.05, 3.63) is 30.3 Å². The molecular formula is C18H26N4. The standard InChI is InChI=1S/C18H26N4/c19-15-17-5-4-8-21(16-17)10-9-20-11-13-22(14-12-20)18-6-2-1-3-7-18/h1-3,6-7,17H,4-5,8-14,16H2. The van der Waals surface area contributed by atoms with Gasteiger partial charge in [0.05, 0.1) is 12.0 Å². The van der Waals surface area contributed by atoms with E-state index in [1.807, 2.05) is 0 Å². The normalized spacial score (nSPS) is 24.1. The van der Waals surface area contributed by atoms with Crippen LogP contribution in [-0.2, 0) is 0 Å². The molecule has 0 aromatic heterocycles. The molecule has 1 atom stereocenters. The number of nitriles is 1. The molecule has 118 valence electrons. The van der Waals surface area contributed by atoms with Crippen molar-refractivity contribution in [3.8, 4) is 6.07 Å². The van der Waals surface area contributed by atoms with Crippen LogP contribution in [0.1, 0.15) is 12.8 Å². The summed E-state index contributed by atoms with van der Waals surface area (Å²) in [6.45, 7) is 8.91. The largest absolute Gasteiger partial charge is 0.369 e. The topological polar surface area (TPSA) is 33.5 Å². The maximum absolute atomic E-state index is 9.07. The Hall–Kier alpha value is -1.57. The number of piperidine rings is 1. The second-order valence-corrected chi connectivity index (χ2v) is 6.43. The van der Waals surface area contributed by atoms with Crippen molar-refractivity contribution in [2.45, 2.75) is 12.8 Å². The first-order chi connectivity index (χ1) is 10.8. The summed E-state index contributed by atoms with van der Waals surface area (Å²) in [6, 6.07) is 13.1. The van der Waals surface area contributed by atoms with Crippen molar-refractivity contribution in [2.24, 2.45) is 5.92 Å². The van der Waals surface area contributed by atoms with Gasteiger partial charge >= 0.3 is 0 Å². The number of hydrogen-bond acceptors (Lipinski definition) is 4. The van der Waals surface area contributed by atoms with E-state index < -0.39 is 0 Å². The van der Waals surface area contributed by atoms with Crippen LogP contribution in [0.15, 0.2) is 30.3 Å². The molecule has 4 nitrogen and oxygen atoms in total. The highest BCUT2D eigenvalue weighted by atomic mass is 15.3. The van der Waals surface area contributed by atoms with Crippen LogP contribution in [0.5, 0.6) is 0 Å². The molecule has 2 heterocycles. The molecule has 0 saturated carbocycles. The summed E-state index contributed by atoms with van der Waals surface area (Å²) < 4.78 is 0. The van der Waals surface area contributed by atoms with Crippen molar-refractivity contribution in [3.63, 3.8) is 0 Å². The molecule has 1 aromatic rings. The van der Waals surface area contributed by atoms with Gasteiger partial charge in [-0.3, -0.25) is 4.90 Å².